The zero-order chi connectivity index (χ0) is 27.2. The second-order valence-electron chi connectivity index (χ2n) is 8.50. The molecule has 0 spiro atoms. The van der Waals surface area contributed by atoms with Crippen LogP contribution in [0.2, 0.25) is 0 Å². The maximum atomic E-state index is 13.1. The Bertz CT molecular complexity index is 1520. The molecule has 0 bridgehead atoms. The number of amides is 2. The van der Waals surface area contributed by atoms with Crippen molar-refractivity contribution in [2.75, 3.05) is 26.5 Å². The number of benzene rings is 2. The molecule has 4 rings (SSSR count). The van der Waals surface area contributed by atoms with Gasteiger partial charge in [-0.3, -0.25) is 24.2 Å². The fourth-order valence-electron chi connectivity index (χ4n) is 3.82. The predicted octanol–water partition coefficient (Wildman–Crippen LogP) is 2.51. The number of aromatic nitrogens is 3. The second kappa shape index (κ2) is 11.6. The minimum Gasteiger partial charge on any atom is -0.324 e. The van der Waals surface area contributed by atoms with Gasteiger partial charge in [0.1, 0.15) is 5.56 Å². The Balaban J connectivity index is 1.71. The third-order valence-electron chi connectivity index (χ3n) is 6.08. The molecule has 0 atom stereocenters. The number of nitrogens with zero attached hydrogens (tertiary/aromatic N) is 4. The minimum atomic E-state index is -0.667. The number of hydrazine groups is 1. The third kappa shape index (κ3) is 5.69. The first-order valence-electron chi connectivity index (χ1n) is 12.0. The van der Waals surface area contributed by atoms with Crippen molar-refractivity contribution in [3.63, 3.8) is 0 Å². The summed E-state index contributed by atoms with van der Waals surface area (Å²) in [6.45, 7) is 2.06. The van der Waals surface area contributed by atoms with Crippen LogP contribution < -0.4 is 21.7 Å². The topological polar surface area (TPSA) is 130 Å². The molecule has 4 aromatic rings. The van der Waals surface area contributed by atoms with Gasteiger partial charge in [0.15, 0.2) is 5.65 Å². The van der Waals surface area contributed by atoms with Crippen LogP contribution in [0.3, 0.4) is 0 Å². The average molecular weight is 516 g/mol. The van der Waals surface area contributed by atoms with Crippen molar-refractivity contribution in [1.82, 2.24) is 30.4 Å². The second-order valence-corrected chi connectivity index (χ2v) is 8.50. The van der Waals surface area contributed by atoms with E-state index in [2.05, 4.69) is 33.1 Å². The molecular formula is C27H29N7O4. The summed E-state index contributed by atoms with van der Waals surface area (Å²) >= 11 is 0. The van der Waals surface area contributed by atoms with E-state index in [1.165, 1.54) is 24.5 Å². The van der Waals surface area contributed by atoms with Gasteiger partial charge in [-0.25, -0.2) is 15.9 Å². The molecule has 38 heavy (non-hydrogen) atoms. The molecule has 2 aromatic heterocycles. The summed E-state index contributed by atoms with van der Waals surface area (Å²) < 4.78 is 1.68. The monoisotopic (exact) mass is 515 g/mol. The summed E-state index contributed by atoms with van der Waals surface area (Å²) in [5.41, 5.74) is 8.15. The van der Waals surface area contributed by atoms with Crippen molar-refractivity contribution in [3.8, 4) is 5.69 Å². The van der Waals surface area contributed by atoms with Crippen LogP contribution in [-0.2, 0) is 22.5 Å². The van der Waals surface area contributed by atoms with Crippen LogP contribution in [0, 0.1) is 0 Å². The minimum absolute atomic E-state index is 0.0606. The lowest BCUT2D eigenvalue weighted by Crippen LogP contribution is -2.37. The summed E-state index contributed by atoms with van der Waals surface area (Å²) in [5.74, 6) is -0.460. The van der Waals surface area contributed by atoms with E-state index < -0.39 is 11.3 Å². The molecule has 2 aromatic carbocycles. The van der Waals surface area contributed by atoms with E-state index in [4.69, 9.17) is 4.84 Å². The molecular weight excluding hydrogens is 486 g/mol. The quantitative estimate of drug-likeness (QED) is 0.290. The third-order valence-corrected chi connectivity index (χ3v) is 6.08. The number of hydroxylamine groups is 1. The Labute approximate surface area is 219 Å². The lowest BCUT2D eigenvalue weighted by atomic mass is 10.1. The van der Waals surface area contributed by atoms with E-state index in [0.717, 1.165) is 23.2 Å². The molecule has 11 heteroatoms. The van der Waals surface area contributed by atoms with Gasteiger partial charge >= 0.3 is 0 Å². The zero-order valence-corrected chi connectivity index (χ0v) is 21.6. The number of hydrogen-bond donors (Lipinski definition) is 3. The number of fused-ring (bicyclic) bond motifs is 1. The van der Waals surface area contributed by atoms with Gasteiger partial charge < -0.3 is 9.88 Å². The standard InChI is InChI=1S/C27H29N7O4/c1-5-17-8-12-20(13-9-17)34-16-22(26(37)32-38-4)24(36)21-15-29-27(31-25(21)34)30-19-10-6-18(7-11-19)14-23(35)33(3)28-2/h6-13,15-16,28H,5,14H2,1-4H3,(H,32,37)(H,29,30,31). The lowest BCUT2D eigenvalue weighted by Gasteiger charge is -2.15. The maximum Gasteiger partial charge on any atom is 0.280 e. The normalized spacial score (nSPS) is 10.8. The van der Waals surface area contributed by atoms with Gasteiger partial charge in [-0.15, -0.1) is 0 Å². The van der Waals surface area contributed by atoms with Crippen LogP contribution >= 0.6 is 0 Å². The van der Waals surface area contributed by atoms with Crippen LogP contribution in [0.1, 0.15) is 28.4 Å². The fourth-order valence-corrected chi connectivity index (χ4v) is 3.82. The number of rotatable bonds is 9. The number of hydrogen-bond acceptors (Lipinski definition) is 8. The van der Waals surface area contributed by atoms with Gasteiger partial charge in [0, 0.05) is 37.9 Å². The van der Waals surface area contributed by atoms with E-state index in [1.807, 2.05) is 48.5 Å². The highest BCUT2D eigenvalue weighted by molar-refractivity contribution is 5.96. The number of carbonyl (C=O) groups excluding carboxylic acids is 2. The zero-order valence-electron chi connectivity index (χ0n) is 21.6. The van der Waals surface area contributed by atoms with Crippen molar-refractivity contribution in [1.29, 1.82) is 0 Å². The largest absolute Gasteiger partial charge is 0.324 e. The Hall–Kier alpha value is -4.61. The van der Waals surface area contributed by atoms with E-state index >= 15 is 0 Å². The Kier molecular flexibility index (Phi) is 8.09. The summed E-state index contributed by atoms with van der Waals surface area (Å²) in [4.78, 5) is 51.4. The number of likely N-dealkylation sites (N-methyl/N-ethyl adjacent to an activating group) is 1. The van der Waals surface area contributed by atoms with Gasteiger partial charge in [0.05, 0.1) is 18.9 Å². The van der Waals surface area contributed by atoms with Gasteiger partial charge in [0.2, 0.25) is 17.3 Å². The molecule has 11 nitrogen and oxygen atoms in total. The molecule has 0 saturated heterocycles. The molecule has 196 valence electrons. The highest BCUT2D eigenvalue weighted by atomic mass is 16.6. The fraction of sp³-hybridized carbons (Fsp3) is 0.222. The molecule has 0 unspecified atom stereocenters. The van der Waals surface area contributed by atoms with Crippen LogP contribution in [0.5, 0.6) is 0 Å². The SMILES string of the molecule is CCc1ccc(-n2cc(C(=O)NOC)c(=O)c3cnc(Nc4ccc(CC(=O)N(C)NC)cc4)nc32)cc1. The molecule has 0 saturated carbocycles. The first-order valence-corrected chi connectivity index (χ1v) is 12.0. The first kappa shape index (κ1) is 26.5. The number of carbonyl (C=O) groups is 2. The molecule has 0 aliphatic rings. The number of pyridine rings is 1. The summed E-state index contributed by atoms with van der Waals surface area (Å²) in [5, 5.41) is 4.75. The Morgan fingerprint density at radius 2 is 1.74 bits per heavy atom. The van der Waals surface area contributed by atoms with Crippen molar-refractivity contribution in [2.45, 2.75) is 19.8 Å². The molecule has 0 fully saturated rings. The molecule has 3 N–H and O–H groups in total. The summed E-state index contributed by atoms with van der Waals surface area (Å²) in [7, 11) is 4.65. The molecule has 2 heterocycles. The highest BCUT2D eigenvalue weighted by Gasteiger charge is 2.18. The average Bonchev–Trinajstić information content (AvgIpc) is 2.94. The first-order chi connectivity index (χ1) is 18.3. The smallest absolute Gasteiger partial charge is 0.280 e. The van der Waals surface area contributed by atoms with Crippen molar-refractivity contribution in [3.05, 3.63) is 87.8 Å². The molecule has 2 amide bonds. The lowest BCUT2D eigenvalue weighted by molar-refractivity contribution is -0.131. The van der Waals surface area contributed by atoms with Gasteiger partial charge in [0.25, 0.3) is 5.91 Å². The number of nitrogens with one attached hydrogen (secondary N) is 3. The molecule has 0 radical (unpaired) electrons. The van der Waals surface area contributed by atoms with Crippen molar-refractivity contribution in [2.24, 2.45) is 0 Å². The number of aryl methyl sites for hydroxylation is 1. The van der Waals surface area contributed by atoms with Gasteiger partial charge in [-0.2, -0.15) is 4.98 Å². The predicted molar refractivity (Wildman–Crippen MR) is 144 cm³/mol. The van der Waals surface area contributed by atoms with Gasteiger partial charge in [-0.05, 0) is 41.8 Å². The van der Waals surface area contributed by atoms with E-state index in [0.29, 0.717) is 11.3 Å². The van der Waals surface area contributed by atoms with E-state index in [9.17, 15) is 14.4 Å². The van der Waals surface area contributed by atoms with Crippen molar-refractivity contribution >= 4 is 34.5 Å². The summed E-state index contributed by atoms with van der Waals surface area (Å²) in [6.07, 6.45) is 3.98. The van der Waals surface area contributed by atoms with Gasteiger partial charge in [-0.1, -0.05) is 31.2 Å². The van der Waals surface area contributed by atoms with Crippen LogP contribution in [0.4, 0.5) is 11.6 Å². The van der Waals surface area contributed by atoms with Crippen LogP contribution in [0.15, 0.2) is 65.7 Å². The summed E-state index contributed by atoms with van der Waals surface area (Å²) in [6, 6.07) is 15.1. The highest BCUT2D eigenvalue weighted by Crippen LogP contribution is 2.20. The Morgan fingerprint density at radius 3 is 2.37 bits per heavy atom. The number of anilines is 2. The van der Waals surface area contributed by atoms with Crippen LogP contribution in [-0.4, -0.2) is 52.6 Å². The Morgan fingerprint density at radius 1 is 1.05 bits per heavy atom. The van der Waals surface area contributed by atoms with E-state index in [-0.39, 0.29) is 29.2 Å². The maximum absolute atomic E-state index is 13.1. The van der Waals surface area contributed by atoms with Crippen LogP contribution in [0.25, 0.3) is 16.7 Å². The molecule has 0 aliphatic carbocycles. The van der Waals surface area contributed by atoms with E-state index in [1.54, 1.807) is 18.7 Å². The van der Waals surface area contributed by atoms with Crippen molar-refractivity contribution < 1.29 is 14.4 Å². The molecule has 0 aliphatic heterocycles.